The van der Waals surface area contributed by atoms with E-state index in [-0.39, 0.29) is 37.3 Å². The first-order chi connectivity index (χ1) is 11.1. The molecule has 0 N–H and O–H groups in total. The van der Waals surface area contributed by atoms with E-state index in [1.165, 1.54) is 6.07 Å². The lowest BCUT2D eigenvalue weighted by Crippen LogP contribution is -2.32. The molecule has 0 bridgehead atoms. The standard InChI is InChI=1S/C14H14N4O5/c15-17-16-8-3-9-22-11-5-2-1-4-10(11)14(21)23-18-12(19)6-7-13(18)20/h1-2,4-5H,3,6-9H2. The van der Waals surface area contributed by atoms with Gasteiger partial charge in [0.15, 0.2) is 0 Å². The highest BCUT2D eigenvalue weighted by atomic mass is 16.7. The molecule has 0 unspecified atom stereocenters. The zero-order chi connectivity index (χ0) is 16.7. The first-order valence-electron chi connectivity index (χ1n) is 6.94. The SMILES string of the molecule is [N-]=[N+]=NCCCOc1ccccc1C(=O)ON1C(=O)CCC1=O. The van der Waals surface area contributed by atoms with E-state index in [0.29, 0.717) is 11.5 Å². The van der Waals surface area contributed by atoms with Crippen molar-refractivity contribution in [1.82, 2.24) is 5.06 Å². The number of rotatable bonds is 7. The van der Waals surface area contributed by atoms with Crippen LogP contribution in [-0.4, -0.2) is 36.0 Å². The van der Waals surface area contributed by atoms with Gasteiger partial charge < -0.3 is 9.57 Å². The molecule has 0 radical (unpaired) electrons. The number of hydrogen-bond donors (Lipinski definition) is 0. The summed E-state index contributed by atoms with van der Waals surface area (Å²) in [5, 5.41) is 3.86. The fraction of sp³-hybridized carbons (Fsp3) is 0.357. The van der Waals surface area contributed by atoms with E-state index >= 15 is 0 Å². The largest absolute Gasteiger partial charge is 0.493 e. The lowest BCUT2D eigenvalue weighted by molar-refractivity contribution is -0.172. The molecule has 1 aliphatic rings. The third kappa shape index (κ3) is 4.21. The molecule has 0 atom stereocenters. The number of amides is 2. The van der Waals surface area contributed by atoms with Gasteiger partial charge >= 0.3 is 5.97 Å². The molecular formula is C14H14N4O5. The summed E-state index contributed by atoms with van der Waals surface area (Å²) < 4.78 is 5.45. The Bertz CT molecular complexity index is 653. The topological polar surface area (TPSA) is 122 Å². The Morgan fingerprint density at radius 2 is 1.96 bits per heavy atom. The summed E-state index contributed by atoms with van der Waals surface area (Å²) in [4.78, 5) is 42.5. The number of ether oxygens (including phenoxy) is 1. The quantitative estimate of drug-likeness (QED) is 0.250. The van der Waals surface area contributed by atoms with Crippen molar-refractivity contribution < 1.29 is 24.0 Å². The lowest BCUT2D eigenvalue weighted by atomic mass is 10.2. The predicted molar refractivity (Wildman–Crippen MR) is 77.1 cm³/mol. The maximum absolute atomic E-state index is 12.1. The van der Waals surface area contributed by atoms with Crippen LogP contribution in [0.15, 0.2) is 29.4 Å². The molecule has 1 aliphatic heterocycles. The van der Waals surface area contributed by atoms with Crippen LogP contribution in [0.4, 0.5) is 0 Å². The van der Waals surface area contributed by atoms with Gasteiger partial charge in [-0.3, -0.25) is 9.59 Å². The summed E-state index contributed by atoms with van der Waals surface area (Å²) in [6.07, 6.45) is 0.546. The van der Waals surface area contributed by atoms with Crippen LogP contribution in [0.1, 0.15) is 29.6 Å². The Morgan fingerprint density at radius 1 is 1.26 bits per heavy atom. The smallest absolute Gasteiger partial charge is 0.367 e. The highest BCUT2D eigenvalue weighted by Crippen LogP contribution is 2.21. The van der Waals surface area contributed by atoms with E-state index in [1.54, 1.807) is 18.2 Å². The molecule has 1 saturated heterocycles. The van der Waals surface area contributed by atoms with Crippen LogP contribution >= 0.6 is 0 Å². The van der Waals surface area contributed by atoms with Crippen LogP contribution in [0, 0.1) is 0 Å². The van der Waals surface area contributed by atoms with E-state index in [0.717, 1.165) is 0 Å². The number of para-hydroxylation sites is 1. The number of benzene rings is 1. The summed E-state index contributed by atoms with van der Waals surface area (Å²) in [6, 6.07) is 6.32. The fourth-order valence-corrected chi connectivity index (χ4v) is 1.91. The summed E-state index contributed by atoms with van der Waals surface area (Å²) in [6.45, 7) is 0.519. The van der Waals surface area contributed by atoms with Crippen molar-refractivity contribution in [3.8, 4) is 5.75 Å². The second-order valence-electron chi connectivity index (χ2n) is 4.61. The Balaban J connectivity index is 2.01. The molecular weight excluding hydrogens is 304 g/mol. The highest BCUT2D eigenvalue weighted by molar-refractivity contribution is 6.03. The zero-order valence-electron chi connectivity index (χ0n) is 12.2. The molecule has 9 heteroatoms. The zero-order valence-corrected chi connectivity index (χ0v) is 12.2. The average Bonchev–Trinajstić information content (AvgIpc) is 2.87. The minimum absolute atomic E-state index is 0.0314. The number of hydrogen-bond acceptors (Lipinski definition) is 6. The molecule has 1 aromatic rings. The second-order valence-corrected chi connectivity index (χ2v) is 4.61. The molecule has 0 spiro atoms. The first kappa shape index (κ1) is 16.3. The maximum Gasteiger partial charge on any atom is 0.367 e. The molecule has 1 aromatic carbocycles. The molecule has 0 aliphatic carbocycles. The van der Waals surface area contributed by atoms with Crippen LogP contribution < -0.4 is 4.74 Å². The van der Waals surface area contributed by atoms with Crippen LogP contribution in [-0.2, 0) is 14.4 Å². The van der Waals surface area contributed by atoms with Gasteiger partial charge in [-0.05, 0) is 24.1 Å². The van der Waals surface area contributed by atoms with Crippen molar-refractivity contribution in [1.29, 1.82) is 0 Å². The molecule has 120 valence electrons. The van der Waals surface area contributed by atoms with Gasteiger partial charge in [0.1, 0.15) is 11.3 Å². The van der Waals surface area contributed by atoms with Crippen LogP contribution in [0.3, 0.4) is 0 Å². The van der Waals surface area contributed by atoms with Gasteiger partial charge in [0, 0.05) is 24.3 Å². The van der Waals surface area contributed by atoms with Gasteiger partial charge in [0.25, 0.3) is 11.8 Å². The number of azide groups is 1. The summed E-state index contributed by atoms with van der Waals surface area (Å²) in [5.41, 5.74) is 8.28. The van der Waals surface area contributed by atoms with E-state index in [4.69, 9.17) is 15.1 Å². The first-order valence-corrected chi connectivity index (χ1v) is 6.94. The van der Waals surface area contributed by atoms with Crippen molar-refractivity contribution in [2.75, 3.05) is 13.2 Å². The summed E-state index contributed by atoms with van der Waals surface area (Å²) in [7, 11) is 0. The van der Waals surface area contributed by atoms with E-state index in [9.17, 15) is 14.4 Å². The molecule has 1 heterocycles. The van der Waals surface area contributed by atoms with Gasteiger partial charge in [-0.25, -0.2) is 4.79 Å². The van der Waals surface area contributed by atoms with Gasteiger partial charge in [-0.15, -0.1) is 5.06 Å². The van der Waals surface area contributed by atoms with Crippen molar-refractivity contribution in [2.24, 2.45) is 5.11 Å². The van der Waals surface area contributed by atoms with Crippen LogP contribution in [0.25, 0.3) is 10.4 Å². The molecule has 0 saturated carbocycles. The number of hydroxylamine groups is 2. The Labute approximate surface area is 131 Å². The number of carbonyl (C=O) groups is 3. The molecule has 2 rings (SSSR count). The van der Waals surface area contributed by atoms with E-state index < -0.39 is 17.8 Å². The van der Waals surface area contributed by atoms with Crippen molar-refractivity contribution >= 4 is 17.8 Å². The van der Waals surface area contributed by atoms with Crippen molar-refractivity contribution in [3.05, 3.63) is 40.3 Å². The molecule has 0 aromatic heterocycles. The number of carbonyl (C=O) groups excluding carboxylic acids is 3. The molecule has 23 heavy (non-hydrogen) atoms. The van der Waals surface area contributed by atoms with Gasteiger partial charge in [0.2, 0.25) is 0 Å². The maximum atomic E-state index is 12.1. The lowest BCUT2D eigenvalue weighted by Gasteiger charge is -2.14. The third-order valence-electron chi connectivity index (χ3n) is 3.01. The van der Waals surface area contributed by atoms with Crippen molar-refractivity contribution in [3.63, 3.8) is 0 Å². The summed E-state index contributed by atoms with van der Waals surface area (Å²) >= 11 is 0. The predicted octanol–water partition coefficient (Wildman–Crippen LogP) is 1.99. The minimum Gasteiger partial charge on any atom is -0.493 e. The molecule has 2 amide bonds. The minimum atomic E-state index is -0.848. The van der Waals surface area contributed by atoms with Crippen LogP contribution in [0.2, 0.25) is 0 Å². The summed E-state index contributed by atoms with van der Waals surface area (Å²) in [5.74, 6) is -1.68. The van der Waals surface area contributed by atoms with Gasteiger partial charge in [0.05, 0.1) is 6.61 Å². The highest BCUT2D eigenvalue weighted by Gasteiger charge is 2.33. The Hall–Kier alpha value is -3.06. The Kier molecular flexibility index (Phi) is 5.54. The Morgan fingerprint density at radius 3 is 2.65 bits per heavy atom. The fourth-order valence-electron chi connectivity index (χ4n) is 1.91. The van der Waals surface area contributed by atoms with Crippen molar-refractivity contribution in [2.45, 2.75) is 19.3 Å². The van der Waals surface area contributed by atoms with E-state index in [1.807, 2.05) is 0 Å². The van der Waals surface area contributed by atoms with E-state index in [2.05, 4.69) is 10.0 Å². The monoisotopic (exact) mass is 318 g/mol. The second kappa shape index (κ2) is 7.81. The molecule has 1 fully saturated rings. The third-order valence-corrected chi connectivity index (χ3v) is 3.01. The van der Waals surface area contributed by atoms with Crippen LogP contribution in [0.5, 0.6) is 5.75 Å². The average molecular weight is 318 g/mol. The normalized spacial score (nSPS) is 13.7. The number of imide groups is 1. The van der Waals surface area contributed by atoms with Gasteiger partial charge in [-0.2, -0.15) is 0 Å². The van der Waals surface area contributed by atoms with Gasteiger partial charge in [-0.1, -0.05) is 17.2 Å². The number of nitrogens with zero attached hydrogens (tertiary/aromatic N) is 4. The molecule has 9 nitrogen and oxygen atoms in total.